The largest absolute Gasteiger partial charge is 0.382 e. The van der Waals surface area contributed by atoms with Crippen LogP contribution in [0.1, 0.15) is 32.0 Å². The van der Waals surface area contributed by atoms with Crippen LogP contribution in [0.2, 0.25) is 0 Å². The summed E-state index contributed by atoms with van der Waals surface area (Å²) in [7, 11) is 0. The maximum atomic E-state index is 6.38. The van der Waals surface area contributed by atoms with Crippen molar-refractivity contribution in [3.63, 3.8) is 0 Å². The highest BCUT2D eigenvalue weighted by Gasteiger charge is 2.19. The van der Waals surface area contributed by atoms with E-state index in [-0.39, 0.29) is 0 Å². The number of nitrogens with one attached hydrogen (secondary N) is 3. The van der Waals surface area contributed by atoms with Crippen molar-refractivity contribution < 1.29 is 0 Å². The number of hydrogen-bond donors (Lipinski definition) is 4. The number of aromatic amines is 2. The molecule has 0 saturated heterocycles. The van der Waals surface area contributed by atoms with Crippen LogP contribution in [0, 0.1) is 0 Å². The summed E-state index contributed by atoms with van der Waals surface area (Å²) in [6, 6.07) is 6.42. The van der Waals surface area contributed by atoms with Crippen LogP contribution in [0.15, 0.2) is 65.8 Å². The Labute approximate surface area is 207 Å². The molecule has 5 aromatic heterocycles. The Balaban J connectivity index is 1.57. The second-order valence-electron chi connectivity index (χ2n) is 8.41. The van der Waals surface area contributed by atoms with Crippen molar-refractivity contribution in [3.8, 4) is 22.8 Å². The molecule has 0 radical (unpaired) electrons. The molecular weight excluding hydrogens is 456 g/mol. The lowest BCUT2D eigenvalue weighted by Crippen LogP contribution is -2.09. The van der Waals surface area contributed by atoms with Crippen LogP contribution in [-0.2, 0) is 0 Å². The molecule has 0 unspecified atom stereocenters. The second-order valence-corrected chi connectivity index (χ2v) is 9.19. The number of hydrogen-bond acceptors (Lipinski definition) is 7. The molecule has 0 fully saturated rings. The highest BCUT2D eigenvalue weighted by atomic mass is 32.1. The number of imidazole rings is 1. The quantitative estimate of drug-likeness (QED) is 0.215. The number of rotatable bonds is 7. The van der Waals surface area contributed by atoms with Crippen LogP contribution < -0.4 is 11.1 Å². The Bertz CT molecular complexity index is 1520. The number of anilines is 2. The van der Waals surface area contributed by atoms with Gasteiger partial charge in [-0.25, -0.2) is 4.98 Å². The van der Waals surface area contributed by atoms with E-state index in [1.54, 1.807) is 17.5 Å². The lowest BCUT2D eigenvalue weighted by atomic mass is 10.1. The summed E-state index contributed by atoms with van der Waals surface area (Å²) in [5.41, 5.74) is 13.4. The minimum atomic E-state index is 0.308. The number of pyridine rings is 2. The van der Waals surface area contributed by atoms with Crippen LogP contribution in [-0.4, -0.2) is 36.2 Å². The molecular formula is C26H26N8S. The third kappa shape index (κ3) is 4.58. The number of aromatic nitrogens is 6. The number of fused-ring (bicyclic) bond motifs is 1. The smallest absolute Gasteiger partial charge is 0.161 e. The van der Waals surface area contributed by atoms with Gasteiger partial charge in [-0.3, -0.25) is 15.1 Å². The summed E-state index contributed by atoms with van der Waals surface area (Å²) >= 11 is 1.64. The van der Waals surface area contributed by atoms with Gasteiger partial charge in [-0.05, 0) is 55.3 Å². The molecule has 0 spiro atoms. The Morgan fingerprint density at radius 3 is 2.86 bits per heavy atom. The maximum Gasteiger partial charge on any atom is 0.161 e. The number of thiophene rings is 1. The van der Waals surface area contributed by atoms with Gasteiger partial charge in [-0.15, -0.1) is 0 Å². The van der Waals surface area contributed by atoms with E-state index < -0.39 is 0 Å². The minimum Gasteiger partial charge on any atom is -0.382 e. The Morgan fingerprint density at radius 1 is 1.20 bits per heavy atom. The third-order valence-electron chi connectivity index (χ3n) is 5.45. The summed E-state index contributed by atoms with van der Waals surface area (Å²) in [5.74, 6) is 1.01. The molecule has 5 aromatic rings. The van der Waals surface area contributed by atoms with Crippen molar-refractivity contribution in [2.24, 2.45) is 0 Å². The molecule has 0 aromatic carbocycles. The van der Waals surface area contributed by atoms with Gasteiger partial charge >= 0.3 is 0 Å². The molecule has 176 valence electrons. The highest BCUT2D eigenvalue weighted by Crippen LogP contribution is 2.33. The fourth-order valence-electron chi connectivity index (χ4n) is 3.89. The van der Waals surface area contributed by atoms with Gasteiger partial charge in [0.05, 0.1) is 28.8 Å². The first kappa shape index (κ1) is 22.5. The Morgan fingerprint density at radius 2 is 2.09 bits per heavy atom. The first-order chi connectivity index (χ1) is 17.0. The molecule has 0 atom stereocenters. The number of allylic oxidation sites excluding steroid dienone is 3. The molecule has 5 heterocycles. The summed E-state index contributed by atoms with van der Waals surface area (Å²) in [6.07, 6.45) is 11.4. The number of H-pyrrole nitrogens is 2. The molecule has 0 aliphatic carbocycles. The Hall–Kier alpha value is -4.24. The third-order valence-corrected chi connectivity index (χ3v) is 6.13. The van der Waals surface area contributed by atoms with Gasteiger partial charge in [0.2, 0.25) is 0 Å². The van der Waals surface area contributed by atoms with E-state index in [9.17, 15) is 0 Å². The molecule has 5 rings (SSSR count). The number of nitrogens with zero attached hydrogens (tertiary/aromatic N) is 4. The molecule has 0 bridgehead atoms. The standard InChI is InChI=1S/C26H26N8S/c1-4-5-6-19(16-7-8-35-14-16)23-25(27)32-26(31-23)24-20-10-21(29-13-22(20)33-34-24)17-9-18(12-28-11-17)30-15(2)3/h4-15,30H,27H2,1-3H3,(H,31,32)(H,33,34)/b5-4?,19-6-. The van der Waals surface area contributed by atoms with Crippen LogP contribution in [0.25, 0.3) is 39.3 Å². The normalized spacial score (nSPS) is 12.3. The van der Waals surface area contributed by atoms with Gasteiger partial charge in [0.1, 0.15) is 11.5 Å². The molecule has 8 nitrogen and oxygen atoms in total. The first-order valence-corrected chi connectivity index (χ1v) is 12.3. The van der Waals surface area contributed by atoms with Crippen molar-refractivity contribution in [2.45, 2.75) is 26.8 Å². The fraction of sp³-hybridized carbons (Fsp3) is 0.154. The van der Waals surface area contributed by atoms with Gasteiger partial charge in [0.25, 0.3) is 0 Å². The molecule has 5 N–H and O–H groups in total. The highest BCUT2D eigenvalue weighted by molar-refractivity contribution is 7.08. The van der Waals surface area contributed by atoms with E-state index in [0.29, 0.717) is 23.4 Å². The maximum absolute atomic E-state index is 6.38. The first-order valence-electron chi connectivity index (χ1n) is 11.3. The zero-order valence-electron chi connectivity index (χ0n) is 19.7. The van der Waals surface area contributed by atoms with E-state index in [4.69, 9.17) is 5.73 Å². The Kier molecular flexibility index (Phi) is 6.15. The van der Waals surface area contributed by atoms with E-state index >= 15 is 0 Å². The zero-order valence-corrected chi connectivity index (χ0v) is 20.5. The summed E-state index contributed by atoms with van der Waals surface area (Å²) in [5, 5.41) is 16.0. The topological polar surface area (TPSA) is 121 Å². The van der Waals surface area contributed by atoms with Crippen molar-refractivity contribution in [2.75, 3.05) is 11.1 Å². The van der Waals surface area contributed by atoms with E-state index in [1.807, 2.05) is 55.1 Å². The second kappa shape index (κ2) is 9.55. The SMILES string of the molecule is CC=C/C=C(/c1ccsc1)c1[nH]c(-c2n[nH]c3cnc(-c4cncc(NC(C)C)c4)cc23)nc1N. The van der Waals surface area contributed by atoms with Gasteiger partial charge in [0, 0.05) is 35.0 Å². The van der Waals surface area contributed by atoms with E-state index in [0.717, 1.165) is 44.7 Å². The van der Waals surface area contributed by atoms with Crippen LogP contribution in [0.5, 0.6) is 0 Å². The van der Waals surface area contributed by atoms with Gasteiger partial charge in [-0.1, -0.05) is 18.2 Å². The van der Waals surface area contributed by atoms with Gasteiger partial charge in [0.15, 0.2) is 5.82 Å². The average Bonchev–Trinajstić information content (AvgIpc) is 3.59. The van der Waals surface area contributed by atoms with E-state index in [2.05, 4.69) is 60.7 Å². The monoisotopic (exact) mass is 482 g/mol. The lowest BCUT2D eigenvalue weighted by Gasteiger charge is -2.10. The zero-order chi connectivity index (χ0) is 24.4. The van der Waals surface area contributed by atoms with Crippen molar-refractivity contribution >= 4 is 39.3 Å². The van der Waals surface area contributed by atoms with Gasteiger partial charge < -0.3 is 16.0 Å². The molecule has 0 aliphatic rings. The minimum absolute atomic E-state index is 0.308. The van der Waals surface area contributed by atoms with Crippen LogP contribution in [0.3, 0.4) is 0 Å². The summed E-state index contributed by atoms with van der Waals surface area (Å²) in [4.78, 5) is 17.0. The number of nitrogen functional groups attached to an aromatic ring is 1. The van der Waals surface area contributed by atoms with Crippen LogP contribution >= 0.6 is 11.3 Å². The summed E-state index contributed by atoms with van der Waals surface area (Å²) < 4.78 is 0. The average molecular weight is 483 g/mol. The predicted octanol–water partition coefficient (Wildman–Crippen LogP) is 5.88. The summed E-state index contributed by atoms with van der Waals surface area (Å²) in [6.45, 7) is 6.17. The lowest BCUT2D eigenvalue weighted by molar-refractivity contribution is 0.898. The van der Waals surface area contributed by atoms with Crippen LogP contribution in [0.4, 0.5) is 11.5 Å². The number of nitrogens with two attached hydrogens (primary N) is 1. The predicted molar refractivity (Wildman–Crippen MR) is 144 cm³/mol. The van der Waals surface area contributed by atoms with Gasteiger partial charge in [-0.2, -0.15) is 16.4 Å². The fourth-order valence-corrected chi connectivity index (χ4v) is 4.54. The van der Waals surface area contributed by atoms with Crippen molar-refractivity contribution in [3.05, 3.63) is 77.0 Å². The molecule has 0 saturated carbocycles. The van der Waals surface area contributed by atoms with E-state index in [1.165, 1.54) is 0 Å². The van der Waals surface area contributed by atoms with Crippen molar-refractivity contribution in [1.29, 1.82) is 0 Å². The molecule has 0 aliphatic heterocycles. The molecule has 35 heavy (non-hydrogen) atoms. The molecule has 9 heteroatoms. The molecule has 0 amide bonds. The van der Waals surface area contributed by atoms with Crippen molar-refractivity contribution in [1.82, 2.24) is 30.1 Å².